The third kappa shape index (κ3) is 6.57. The molecule has 2 heterocycles. The molecule has 2 aromatic carbocycles. The molecule has 2 amide bonds. The number of nitrogens with zero attached hydrogens (tertiary/aromatic N) is 2. The Bertz CT molecular complexity index is 1300. The van der Waals surface area contributed by atoms with Gasteiger partial charge in [0.15, 0.2) is 24.8 Å². The number of furan rings is 1. The summed E-state index contributed by atoms with van der Waals surface area (Å²) in [5.41, 5.74) is 0.704. The van der Waals surface area contributed by atoms with E-state index in [1.807, 2.05) is 0 Å². The molecule has 1 aromatic heterocycles. The maximum atomic E-state index is 13.4. The first-order valence-electron chi connectivity index (χ1n) is 12.5. The molecule has 0 atom stereocenters. The van der Waals surface area contributed by atoms with Crippen LogP contribution in [0.1, 0.15) is 40.5 Å². The van der Waals surface area contributed by atoms with Gasteiger partial charge in [0, 0.05) is 24.7 Å². The van der Waals surface area contributed by atoms with Gasteiger partial charge < -0.3 is 24.1 Å². The molecule has 1 aliphatic heterocycles. The predicted octanol–water partition coefficient (Wildman–Crippen LogP) is 3.68. The number of likely N-dealkylation sites (N-methyl/N-ethyl adjacent to an activating group) is 1. The lowest BCUT2D eigenvalue weighted by molar-refractivity contribution is -0.121. The van der Waals surface area contributed by atoms with E-state index in [0.717, 1.165) is 19.6 Å². The minimum atomic E-state index is -0.465. The molecule has 0 aliphatic carbocycles. The second kappa shape index (κ2) is 12.4. The number of carbonyl (C=O) groups excluding carboxylic acids is 3. The summed E-state index contributed by atoms with van der Waals surface area (Å²) in [6.45, 7) is 6.75. The lowest BCUT2D eigenvalue weighted by Crippen LogP contribution is -2.38. The van der Waals surface area contributed by atoms with Gasteiger partial charge in [0.1, 0.15) is 23.1 Å². The third-order valence-electron chi connectivity index (χ3n) is 6.20. The lowest BCUT2D eigenvalue weighted by atomic mass is 10.1. The highest BCUT2D eigenvalue weighted by atomic mass is 19.1. The van der Waals surface area contributed by atoms with Crippen LogP contribution in [0.25, 0.3) is 0 Å². The van der Waals surface area contributed by atoms with Gasteiger partial charge >= 0.3 is 0 Å². The number of ether oxygens (including phenoxy) is 2. The van der Waals surface area contributed by atoms with Crippen molar-refractivity contribution in [2.45, 2.75) is 20.4 Å². The Morgan fingerprint density at radius 1 is 1.11 bits per heavy atom. The van der Waals surface area contributed by atoms with Gasteiger partial charge in [-0.25, -0.2) is 4.39 Å². The standard InChI is InChI=1S/C28H30FN3O6/c1-3-31(4-2)13-12-30-28(35)26-11-9-22(38-26)16-32-23-14-19(8-10-25(23)37-18-27(32)34)24(33)17-36-21-7-5-6-20(29)15-21/h5-11,14-15H,3-4,12-13,16-18H2,1-2H3,(H,30,35). The number of carbonyl (C=O) groups is 3. The fourth-order valence-corrected chi connectivity index (χ4v) is 4.03. The molecule has 1 N–H and O–H groups in total. The van der Waals surface area contributed by atoms with Crippen molar-refractivity contribution in [1.29, 1.82) is 0 Å². The van der Waals surface area contributed by atoms with Gasteiger partial charge in [-0.15, -0.1) is 0 Å². The number of amides is 2. The maximum Gasteiger partial charge on any atom is 0.287 e. The molecule has 200 valence electrons. The summed E-state index contributed by atoms with van der Waals surface area (Å²) in [5.74, 6) is -0.228. The number of fused-ring (bicyclic) bond motifs is 1. The number of Topliss-reactive ketones (excluding diaryl/α,β-unsaturated/α-hetero) is 1. The van der Waals surface area contributed by atoms with E-state index in [4.69, 9.17) is 13.9 Å². The normalized spacial score (nSPS) is 12.7. The van der Waals surface area contributed by atoms with Crippen LogP contribution in [0.15, 0.2) is 59.0 Å². The number of nitrogens with one attached hydrogen (secondary N) is 1. The quantitative estimate of drug-likeness (QED) is 0.362. The van der Waals surface area contributed by atoms with E-state index in [2.05, 4.69) is 24.1 Å². The lowest BCUT2D eigenvalue weighted by Gasteiger charge is -2.29. The number of ketones is 1. The molecule has 38 heavy (non-hydrogen) atoms. The molecule has 0 saturated carbocycles. The van der Waals surface area contributed by atoms with Crippen LogP contribution < -0.4 is 19.7 Å². The van der Waals surface area contributed by atoms with E-state index in [1.54, 1.807) is 36.4 Å². The molecule has 10 heteroatoms. The van der Waals surface area contributed by atoms with Gasteiger partial charge in [-0.3, -0.25) is 19.3 Å². The first kappa shape index (κ1) is 26.9. The summed E-state index contributed by atoms with van der Waals surface area (Å²) in [4.78, 5) is 41.6. The summed E-state index contributed by atoms with van der Waals surface area (Å²) in [6, 6.07) is 13.5. The first-order chi connectivity index (χ1) is 18.4. The highest BCUT2D eigenvalue weighted by Crippen LogP contribution is 2.34. The van der Waals surface area contributed by atoms with E-state index in [0.29, 0.717) is 29.3 Å². The Hall–Kier alpha value is -4.18. The maximum absolute atomic E-state index is 13.4. The number of halogens is 1. The van der Waals surface area contributed by atoms with Crippen molar-refractivity contribution in [2.75, 3.05) is 44.3 Å². The third-order valence-corrected chi connectivity index (χ3v) is 6.20. The molecule has 4 rings (SSSR count). The Morgan fingerprint density at radius 2 is 1.92 bits per heavy atom. The molecule has 0 bridgehead atoms. The highest BCUT2D eigenvalue weighted by molar-refractivity contribution is 6.02. The Balaban J connectivity index is 1.42. The zero-order valence-electron chi connectivity index (χ0n) is 21.4. The average molecular weight is 524 g/mol. The molecular formula is C28H30FN3O6. The summed E-state index contributed by atoms with van der Waals surface area (Å²) >= 11 is 0. The summed E-state index contributed by atoms with van der Waals surface area (Å²) in [7, 11) is 0. The second-order valence-electron chi connectivity index (χ2n) is 8.67. The zero-order valence-corrected chi connectivity index (χ0v) is 21.4. The van der Waals surface area contributed by atoms with Crippen LogP contribution in [0.3, 0.4) is 0 Å². The van der Waals surface area contributed by atoms with Crippen LogP contribution in [0, 0.1) is 5.82 Å². The first-order valence-corrected chi connectivity index (χ1v) is 12.5. The zero-order chi connectivity index (χ0) is 27.1. The molecule has 3 aromatic rings. The van der Waals surface area contributed by atoms with Crippen LogP contribution >= 0.6 is 0 Å². The number of anilines is 1. The predicted molar refractivity (Wildman–Crippen MR) is 138 cm³/mol. The minimum absolute atomic E-state index is 0.0549. The summed E-state index contributed by atoms with van der Waals surface area (Å²) in [5, 5.41) is 2.84. The molecule has 0 fully saturated rings. The Kier molecular flexibility index (Phi) is 8.75. The average Bonchev–Trinajstić information content (AvgIpc) is 3.40. The smallest absolute Gasteiger partial charge is 0.287 e. The molecule has 0 unspecified atom stereocenters. The van der Waals surface area contributed by atoms with E-state index < -0.39 is 5.82 Å². The molecule has 0 spiro atoms. The van der Waals surface area contributed by atoms with Gasteiger partial charge in [0.2, 0.25) is 0 Å². The van der Waals surface area contributed by atoms with Crippen molar-refractivity contribution in [3.8, 4) is 11.5 Å². The largest absolute Gasteiger partial charge is 0.485 e. The molecule has 0 saturated heterocycles. The van der Waals surface area contributed by atoms with Crippen molar-refractivity contribution < 1.29 is 32.7 Å². The van der Waals surface area contributed by atoms with Crippen LogP contribution in [-0.4, -0.2) is 61.9 Å². The van der Waals surface area contributed by atoms with Crippen LogP contribution in [0.5, 0.6) is 11.5 Å². The van der Waals surface area contributed by atoms with Crippen molar-refractivity contribution in [1.82, 2.24) is 10.2 Å². The van der Waals surface area contributed by atoms with Crippen LogP contribution in [-0.2, 0) is 11.3 Å². The van der Waals surface area contributed by atoms with Gasteiger partial charge in [-0.05, 0) is 55.6 Å². The van der Waals surface area contributed by atoms with Crippen molar-refractivity contribution >= 4 is 23.3 Å². The highest BCUT2D eigenvalue weighted by Gasteiger charge is 2.28. The fraction of sp³-hybridized carbons (Fsp3) is 0.321. The van der Waals surface area contributed by atoms with E-state index in [-0.39, 0.29) is 48.9 Å². The number of hydrogen-bond donors (Lipinski definition) is 1. The van der Waals surface area contributed by atoms with Crippen molar-refractivity contribution in [3.63, 3.8) is 0 Å². The number of hydrogen-bond acceptors (Lipinski definition) is 7. The summed E-state index contributed by atoms with van der Waals surface area (Å²) < 4.78 is 30.0. The molecule has 0 radical (unpaired) electrons. The topological polar surface area (TPSA) is 101 Å². The van der Waals surface area contributed by atoms with E-state index in [9.17, 15) is 18.8 Å². The molecular weight excluding hydrogens is 493 g/mol. The molecule has 9 nitrogen and oxygen atoms in total. The number of rotatable bonds is 12. The van der Waals surface area contributed by atoms with Gasteiger partial charge in [0.25, 0.3) is 11.8 Å². The Morgan fingerprint density at radius 3 is 2.68 bits per heavy atom. The number of benzene rings is 2. The van der Waals surface area contributed by atoms with Gasteiger partial charge in [-0.2, -0.15) is 0 Å². The van der Waals surface area contributed by atoms with E-state index in [1.165, 1.54) is 23.1 Å². The SMILES string of the molecule is CCN(CC)CCNC(=O)c1ccc(CN2C(=O)COc3ccc(C(=O)COc4cccc(F)c4)cc32)o1. The van der Waals surface area contributed by atoms with Gasteiger partial charge in [0.05, 0.1) is 12.2 Å². The van der Waals surface area contributed by atoms with Crippen LogP contribution in [0.2, 0.25) is 0 Å². The second-order valence-corrected chi connectivity index (χ2v) is 8.67. The van der Waals surface area contributed by atoms with Gasteiger partial charge in [-0.1, -0.05) is 19.9 Å². The van der Waals surface area contributed by atoms with Crippen molar-refractivity contribution in [2.24, 2.45) is 0 Å². The fourth-order valence-electron chi connectivity index (χ4n) is 4.03. The summed E-state index contributed by atoms with van der Waals surface area (Å²) in [6.07, 6.45) is 0. The molecule has 1 aliphatic rings. The Labute approximate surface area is 220 Å². The van der Waals surface area contributed by atoms with E-state index >= 15 is 0 Å². The van der Waals surface area contributed by atoms with Crippen molar-refractivity contribution in [3.05, 3.63) is 77.5 Å². The minimum Gasteiger partial charge on any atom is -0.485 e. The monoisotopic (exact) mass is 523 g/mol. The van der Waals surface area contributed by atoms with Crippen LogP contribution in [0.4, 0.5) is 10.1 Å².